The quantitative estimate of drug-likeness (QED) is 0.527. The van der Waals surface area contributed by atoms with E-state index >= 15 is 0 Å². The van der Waals surface area contributed by atoms with Crippen molar-refractivity contribution in [1.82, 2.24) is 24.6 Å². The molecule has 1 fully saturated rings. The molecule has 4 rings (SSSR count). The second kappa shape index (κ2) is 9.09. The fraction of sp³-hybridized carbons (Fsp3) is 0.500. The van der Waals surface area contributed by atoms with Crippen molar-refractivity contribution in [2.24, 2.45) is 0 Å². The number of rotatable bonds is 6. The molecule has 2 N–H and O–H groups in total. The molecule has 0 bridgehead atoms. The zero-order valence-electron chi connectivity index (χ0n) is 18.3. The number of hydrogen-bond acceptors (Lipinski definition) is 6. The Hall–Kier alpha value is -2.00. The van der Waals surface area contributed by atoms with Gasteiger partial charge in [-0.2, -0.15) is 5.10 Å². The Morgan fingerprint density at radius 2 is 2.06 bits per heavy atom. The number of anilines is 2. The normalized spacial score (nSPS) is 20.1. The molecule has 0 unspecified atom stereocenters. The summed E-state index contributed by atoms with van der Waals surface area (Å²) in [6, 6.07) is 3.66. The number of aromatic nitrogens is 4. The lowest BCUT2D eigenvalue weighted by Crippen LogP contribution is -2.40. The number of fused-ring (bicyclic) bond motifs is 1. The molecule has 0 aliphatic carbocycles. The molecule has 3 heterocycles. The number of alkyl halides is 1. The molecule has 0 saturated carbocycles. The standard InChI is InChI=1S/C22H27Cl2FN6O/c1-4-30-6-5-14(17(25)11-30)15-8-18-13(7-16(15)23)9-26-21(28-18)29-19-10-27-31(20(19)24)12-22(2,3)32/h7-10,14,17,32H,4-6,11-12H2,1-3H3,(H,26,28,29)/t14-,17+/m0/s1. The van der Waals surface area contributed by atoms with Crippen molar-refractivity contribution < 1.29 is 9.50 Å². The van der Waals surface area contributed by atoms with Crippen LogP contribution in [0.3, 0.4) is 0 Å². The molecule has 0 amide bonds. The number of piperidine rings is 1. The van der Waals surface area contributed by atoms with Gasteiger partial charge in [0.25, 0.3) is 0 Å². The smallest absolute Gasteiger partial charge is 0.227 e. The first kappa shape index (κ1) is 23.2. The van der Waals surface area contributed by atoms with Gasteiger partial charge in [0.05, 0.1) is 29.5 Å². The molecule has 0 spiro atoms. The average molecular weight is 481 g/mol. The van der Waals surface area contributed by atoms with E-state index in [1.807, 2.05) is 13.0 Å². The number of nitrogens with one attached hydrogen (secondary N) is 1. The third-order valence-corrected chi connectivity index (χ3v) is 6.45. The van der Waals surface area contributed by atoms with Gasteiger partial charge in [0.1, 0.15) is 6.17 Å². The SMILES string of the molecule is CCN1CC[C@@H](c2cc3nc(Nc4cnn(CC(C)(C)O)c4Cl)ncc3cc2Cl)[C@H](F)C1. The van der Waals surface area contributed by atoms with Crippen LogP contribution in [-0.2, 0) is 6.54 Å². The third-order valence-electron chi connectivity index (χ3n) is 5.73. The maximum Gasteiger partial charge on any atom is 0.227 e. The minimum Gasteiger partial charge on any atom is -0.389 e. The van der Waals surface area contributed by atoms with Crippen molar-refractivity contribution in [3.05, 3.63) is 40.3 Å². The Kier molecular flexibility index (Phi) is 6.58. The zero-order valence-corrected chi connectivity index (χ0v) is 19.8. The molecule has 7 nitrogen and oxygen atoms in total. The predicted molar refractivity (Wildman–Crippen MR) is 126 cm³/mol. The fourth-order valence-electron chi connectivity index (χ4n) is 4.07. The Balaban J connectivity index is 1.60. The highest BCUT2D eigenvalue weighted by molar-refractivity contribution is 6.32. The number of hydrogen-bond donors (Lipinski definition) is 2. The molecule has 2 aromatic heterocycles. The maximum atomic E-state index is 14.9. The first-order valence-corrected chi connectivity index (χ1v) is 11.4. The number of halogens is 3. The summed E-state index contributed by atoms with van der Waals surface area (Å²) in [6.45, 7) is 7.76. The monoisotopic (exact) mass is 480 g/mol. The Labute approximate surface area is 196 Å². The minimum absolute atomic E-state index is 0.245. The predicted octanol–water partition coefficient (Wildman–Crippen LogP) is 4.79. The molecule has 2 atom stereocenters. The van der Waals surface area contributed by atoms with E-state index in [-0.39, 0.29) is 12.5 Å². The van der Waals surface area contributed by atoms with Gasteiger partial charge in [0, 0.05) is 29.1 Å². The van der Waals surface area contributed by atoms with Gasteiger partial charge in [-0.05, 0) is 51.1 Å². The van der Waals surface area contributed by atoms with Gasteiger partial charge in [-0.3, -0.25) is 0 Å². The highest BCUT2D eigenvalue weighted by atomic mass is 35.5. The molecule has 10 heteroatoms. The van der Waals surface area contributed by atoms with E-state index in [0.29, 0.717) is 40.3 Å². The lowest BCUT2D eigenvalue weighted by molar-refractivity contribution is 0.0578. The summed E-state index contributed by atoms with van der Waals surface area (Å²) in [4.78, 5) is 11.0. The molecule has 1 saturated heterocycles. The van der Waals surface area contributed by atoms with Gasteiger partial charge < -0.3 is 15.3 Å². The number of benzene rings is 1. The Bertz CT molecular complexity index is 1120. The molecule has 1 aliphatic heterocycles. The summed E-state index contributed by atoms with van der Waals surface area (Å²) in [7, 11) is 0. The molecule has 172 valence electrons. The van der Waals surface area contributed by atoms with Crippen molar-refractivity contribution in [1.29, 1.82) is 0 Å². The maximum absolute atomic E-state index is 14.9. The number of nitrogens with zero attached hydrogens (tertiary/aromatic N) is 5. The van der Waals surface area contributed by atoms with Crippen LogP contribution in [0.5, 0.6) is 0 Å². The van der Waals surface area contributed by atoms with Crippen LogP contribution in [0.2, 0.25) is 10.2 Å². The van der Waals surface area contributed by atoms with E-state index in [1.165, 1.54) is 4.68 Å². The van der Waals surface area contributed by atoms with Crippen molar-refractivity contribution in [2.45, 2.75) is 51.4 Å². The largest absolute Gasteiger partial charge is 0.389 e. The summed E-state index contributed by atoms with van der Waals surface area (Å²) >= 11 is 12.9. The summed E-state index contributed by atoms with van der Waals surface area (Å²) in [5.74, 6) is 0.0867. The highest BCUT2D eigenvalue weighted by Crippen LogP contribution is 2.37. The summed E-state index contributed by atoms with van der Waals surface area (Å²) in [6.07, 6.45) is 2.97. The number of likely N-dealkylation sites (tertiary alicyclic amines) is 1. The van der Waals surface area contributed by atoms with Gasteiger partial charge in [0.2, 0.25) is 5.95 Å². The van der Waals surface area contributed by atoms with Crippen molar-refractivity contribution in [2.75, 3.05) is 25.0 Å². The summed E-state index contributed by atoms with van der Waals surface area (Å²) in [5.41, 5.74) is 1.03. The van der Waals surface area contributed by atoms with Crippen LogP contribution >= 0.6 is 23.2 Å². The van der Waals surface area contributed by atoms with E-state index in [9.17, 15) is 9.50 Å². The molecule has 1 aromatic carbocycles. The molecule has 1 aliphatic rings. The van der Waals surface area contributed by atoms with Gasteiger partial charge in [-0.15, -0.1) is 0 Å². The highest BCUT2D eigenvalue weighted by Gasteiger charge is 2.31. The summed E-state index contributed by atoms with van der Waals surface area (Å²) in [5, 5.41) is 18.9. The van der Waals surface area contributed by atoms with Crippen LogP contribution in [0.15, 0.2) is 24.5 Å². The minimum atomic E-state index is -0.974. The van der Waals surface area contributed by atoms with Crippen LogP contribution in [0.4, 0.5) is 16.0 Å². The van der Waals surface area contributed by atoms with Gasteiger partial charge >= 0.3 is 0 Å². The second-order valence-corrected chi connectivity index (χ2v) is 9.64. The van der Waals surface area contributed by atoms with E-state index < -0.39 is 11.8 Å². The third kappa shape index (κ3) is 4.98. The first-order chi connectivity index (χ1) is 15.1. The van der Waals surface area contributed by atoms with Crippen LogP contribution in [0.1, 0.15) is 38.7 Å². The van der Waals surface area contributed by atoms with Crippen molar-refractivity contribution in [3.8, 4) is 0 Å². The Morgan fingerprint density at radius 1 is 1.28 bits per heavy atom. The van der Waals surface area contributed by atoms with E-state index in [4.69, 9.17) is 23.2 Å². The fourth-order valence-corrected chi connectivity index (χ4v) is 4.58. The van der Waals surface area contributed by atoms with Crippen molar-refractivity contribution >= 4 is 45.7 Å². The van der Waals surface area contributed by atoms with E-state index in [2.05, 4.69) is 25.3 Å². The summed E-state index contributed by atoms with van der Waals surface area (Å²) < 4.78 is 16.4. The van der Waals surface area contributed by atoms with Crippen LogP contribution in [0.25, 0.3) is 10.9 Å². The van der Waals surface area contributed by atoms with Gasteiger partial charge in [-0.25, -0.2) is 19.0 Å². The van der Waals surface area contributed by atoms with Gasteiger partial charge in [-0.1, -0.05) is 30.1 Å². The van der Waals surface area contributed by atoms with Crippen LogP contribution < -0.4 is 5.32 Å². The average Bonchev–Trinajstić information content (AvgIpc) is 3.05. The van der Waals surface area contributed by atoms with Gasteiger partial charge in [0.15, 0.2) is 5.15 Å². The zero-order chi connectivity index (χ0) is 23.0. The Morgan fingerprint density at radius 3 is 2.75 bits per heavy atom. The first-order valence-electron chi connectivity index (χ1n) is 10.7. The van der Waals surface area contributed by atoms with Crippen molar-refractivity contribution in [3.63, 3.8) is 0 Å². The second-order valence-electron chi connectivity index (χ2n) is 8.87. The lowest BCUT2D eigenvalue weighted by Gasteiger charge is -2.34. The van der Waals surface area contributed by atoms with Crippen LogP contribution in [0, 0.1) is 0 Å². The molecule has 3 aromatic rings. The topological polar surface area (TPSA) is 79.1 Å². The lowest BCUT2D eigenvalue weighted by atomic mass is 9.87. The van der Waals surface area contributed by atoms with E-state index in [0.717, 1.165) is 24.0 Å². The number of aliphatic hydroxyl groups is 1. The van der Waals surface area contributed by atoms with Crippen LogP contribution in [-0.4, -0.2) is 61.2 Å². The molecule has 32 heavy (non-hydrogen) atoms. The van der Waals surface area contributed by atoms with E-state index in [1.54, 1.807) is 32.3 Å². The molecular weight excluding hydrogens is 454 g/mol. The molecule has 0 radical (unpaired) electrons. The molecular formula is C22H27Cl2FN6O.